The van der Waals surface area contributed by atoms with Gasteiger partial charge < -0.3 is 20.4 Å². The minimum atomic E-state index is -2.59. The Morgan fingerprint density at radius 3 is 2.30 bits per heavy atom. The van der Waals surface area contributed by atoms with E-state index in [0.29, 0.717) is 5.56 Å². The second-order valence-corrected chi connectivity index (χ2v) is 11.7. The molecule has 7 heteroatoms. The van der Waals surface area contributed by atoms with Gasteiger partial charge in [-0.2, -0.15) is 0 Å². The van der Waals surface area contributed by atoms with Crippen LogP contribution in [-0.2, 0) is 20.8 Å². The van der Waals surface area contributed by atoms with Crippen molar-refractivity contribution in [2.24, 2.45) is 22.7 Å². The highest BCUT2D eigenvalue weighted by atomic mass is 16.3. The van der Waals surface area contributed by atoms with E-state index in [4.69, 9.17) is 0 Å². The lowest BCUT2D eigenvalue weighted by Gasteiger charge is -2.59. The number of rotatable bonds is 4. The molecule has 198 valence electrons. The molecule has 0 spiro atoms. The van der Waals surface area contributed by atoms with Crippen molar-refractivity contribution in [2.75, 3.05) is 0 Å². The number of aliphatic hydroxyl groups excluding tert-OH is 2. The van der Waals surface area contributed by atoms with E-state index in [0.717, 1.165) is 24.5 Å². The van der Waals surface area contributed by atoms with Crippen LogP contribution in [0.25, 0.3) is 11.3 Å². The first-order valence-electron chi connectivity index (χ1n) is 12.8. The maximum Gasteiger partial charge on any atom is 0.203 e. The van der Waals surface area contributed by atoms with Crippen LogP contribution >= 0.6 is 0 Å². The normalized spacial score (nSPS) is 31.9. The van der Waals surface area contributed by atoms with Crippen LogP contribution in [0.1, 0.15) is 78.0 Å². The van der Waals surface area contributed by atoms with Crippen molar-refractivity contribution in [3.8, 4) is 5.75 Å². The van der Waals surface area contributed by atoms with E-state index in [2.05, 4.69) is 0 Å². The highest BCUT2D eigenvalue weighted by Crippen LogP contribution is 2.65. The fraction of sp³-hybridized carbons (Fsp3) is 0.500. The van der Waals surface area contributed by atoms with Crippen LogP contribution in [0.5, 0.6) is 5.75 Å². The number of phenols is 1. The molecule has 4 atom stereocenters. The number of Topliss-reactive ketones (excluding diaryl/α,β-unsaturated/α-hetero) is 3. The third-order valence-corrected chi connectivity index (χ3v) is 8.82. The van der Waals surface area contributed by atoms with Crippen LogP contribution in [0.3, 0.4) is 0 Å². The highest BCUT2D eigenvalue weighted by molar-refractivity contribution is 6.24. The van der Waals surface area contributed by atoms with Crippen LogP contribution in [-0.4, -0.2) is 43.4 Å². The van der Waals surface area contributed by atoms with Gasteiger partial charge in [-0.3, -0.25) is 14.4 Å². The molecule has 1 saturated carbocycles. The molecule has 1 unspecified atom stereocenters. The van der Waals surface area contributed by atoms with Gasteiger partial charge >= 0.3 is 0 Å². The van der Waals surface area contributed by atoms with Crippen molar-refractivity contribution in [1.82, 2.24) is 0 Å². The van der Waals surface area contributed by atoms with Gasteiger partial charge in [0.2, 0.25) is 5.78 Å². The number of ketones is 3. The third-order valence-electron chi connectivity index (χ3n) is 8.82. The number of fused-ring (bicyclic) bond motifs is 3. The smallest absolute Gasteiger partial charge is 0.203 e. The van der Waals surface area contributed by atoms with Gasteiger partial charge in [-0.05, 0) is 61.8 Å². The summed E-state index contributed by atoms with van der Waals surface area (Å²) in [5.41, 5.74) is -3.16. The summed E-state index contributed by atoms with van der Waals surface area (Å²) in [5.74, 6) is -5.17. The van der Waals surface area contributed by atoms with E-state index in [1.807, 2.05) is 19.9 Å². The third kappa shape index (κ3) is 3.32. The van der Waals surface area contributed by atoms with Crippen molar-refractivity contribution in [1.29, 1.82) is 0 Å². The predicted octanol–water partition coefficient (Wildman–Crippen LogP) is 5.00. The second kappa shape index (κ2) is 8.42. The predicted molar refractivity (Wildman–Crippen MR) is 140 cm³/mol. The van der Waals surface area contributed by atoms with E-state index < -0.39 is 56.8 Å². The van der Waals surface area contributed by atoms with Gasteiger partial charge in [-0.15, -0.1) is 0 Å². The molecule has 7 nitrogen and oxygen atoms in total. The zero-order valence-corrected chi connectivity index (χ0v) is 22.5. The second-order valence-electron chi connectivity index (χ2n) is 11.7. The molecule has 0 aliphatic heterocycles. The fourth-order valence-corrected chi connectivity index (χ4v) is 7.50. The van der Waals surface area contributed by atoms with E-state index >= 15 is 0 Å². The largest absolute Gasteiger partial charge is 0.508 e. The number of hydrogen-bond donors (Lipinski definition) is 4. The molecule has 0 amide bonds. The lowest BCUT2D eigenvalue weighted by molar-refractivity contribution is -0.178. The lowest BCUT2D eigenvalue weighted by atomic mass is 9.43. The zero-order valence-electron chi connectivity index (χ0n) is 22.5. The summed E-state index contributed by atoms with van der Waals surface area (Å²) < 4.78 is 0. The Morgan fingerprint density at radius 1 is 1.14 bits per heavy atom. The summed E-state index contributed by atoms with van der Waals surface area (Å²) in [7, 11) is 0. The Hall–Kier alpha value is -3.19. The minimum Gasteiger partial charge on any atom is -0.508 e. The maximum atomic E-state index is 14.3. The molecule has 0 heterocycles. The average Bonchev–Trinajstić information content (AvgIpc) is 2.75. The Labute approximate surface area is 217 Å². The number of aliphatic hydroxyl groups is 3. The molecule has 1 fully saturated rings. The van der Waals surface area contributed by atoms with Crippen LogP contribution in [0.4, 0.5) is 0 Å². The highest BCUT2D eigenvalue weighted by Gasteiger charge is 2.72. The standard InChI is InChI=1S/C30H36O7/c1-8-9-15(4)17-10-11-19(32)21-18(17)12-28(6)13-29(7)22(14(2)3)24(33)20(16(5)31)26(35)30(29,37)27(36)23(28)25(21)34/h9-11,14,22,32,34-35,37H,8,12-13H2,1-7H3/b15-9+/t22?,28-,29-,30+/m1/s1. The molecule has 0 saturated heterocycles. The fourth-order valence-electron chi connectivity index (χ4n) is 7.50. The minimum absolute atomic E-state index is 0.0799. The van der Waals surface area contributed by atoms with Gasteiger partial charge in [0, 0.05) is 22.3 Å². The van der Waals surface area contributed by atoms with Gasteiger partial charge in [0.1, 0.15) is 22.8 Å². The first-order chi connectivity index (χ1) is 17.1. The Bertz CT molecular complexity index is 1340. The molecule has 4 N–H and O–H groups in total. The van der Waals surface area contributed by atoms with Crippen molar-refractivity contribution >= 4 is 28.7 Å². The van der Waals surface area contributed by atoms with Crippen LogP contribution < -0.4 is 0 Å². The van der Waals surface area contributed by atoms with Gasteiger partial charge in [-0.1, -0.05) is 46.8 Å². The number of phenolic OH excluding ortho intramolecular Hbond substituents is 1. The van der Waals surface area contributed by atoms with Crippen LogP contribution in [0.15, 0.2) is 35.1 Å². The molecular weight excluding hydrogens is 472 g/mol. The molecule has 0 aromatic heterocycles. The molecular formula is C30H36O7. The zero-order chi connectivity index (χ0) is 27.8. The molecule has 4 rings (SSSR count). The molecule has 0 radical (unpaired) electrons. The van der Waals surface area contributed by atoms with Gasteiger partial charge in [0.25, 0.3) is 0 Å². The van der Waals surface area contributed by atoms with Crippen molar-refractivity contribution < 1.29 is 34.8 Å². The Morgan fingerprint density at radius 2 is 1.76 bits per heavy atom. The first kappa shape index (κ1) is 26.9. The monoisotopic (exact) mass is 508 g/mol. The van der Waals surface area contributed by atoms with E-state index in [9.17, 15) is 34.8 Å². The molecule has 1 aromatic carbocycles. The van der Waals surface area contributed by atoms with E-state index in [1.165, 1.54) is 6.07 Å². The quantitative estimate of drug-likeness (QED) is 0.421. The topological polar surface area (TPSA) is 132 Å². The molecule has 37 heavy (non-hydrogen) atoms. The Balaban J connectivity index is 2.09. The van der Waals surface area contributed by atoms with Gasteiger partial charge in [0.05, 0.1) is 5.56 Å². The number of hydrogen-bond acceptors (Lipinski definition) is 7. The summed E-state index contributed by atoms with van der Waals surface area (Å²) in [4.78, 5) is 40.2. The van der Waals surface area contributed by atoms with Crippen molar-refractivity contribution in [3.05, 3.63) is 51.8 Å². The summed E-state index contributed by atoms with van der Waals surface area (Å²) in [6.07, 6.45) is 3.17. The molecule has 1 aromatic rings. The lowest BCUT2D eigenvalue weighted by Crippen LogP contribution is -2.69. The summed E-state index contributed by atoms with van der Waals surface area (Å²) >= 11 is 0. The van der Waals surface area contributed by atoms with Crippen molar-refractivity contribution in [2.45, 2.75) is 73.3 Å². The maximum absolute atomic E-state index is 14.3. The number of carbonyl (C=O) groups is 3. The number of benzene rings is 1. The average molecular weight is 509 g/mol. The number of carbonyl (C=O) groups excluding carboxylic acids is 3. The van der Waals surface area contributed by atoms with Gasteiger partial charge in [-0.25, -0.2) is 0 Å². The van der Waals surface area contributed by atoms with E-state index in [-0.39, 0.29) is 35.6 Å². The van der Waals surface area contributed by atoms with Crippen LogP contribution in [0, 0.1) is 22.7 Å². The van der Waals surface area contributed by atoms with Crippen LogP contribution in [0.2, 0.25) is 0 Å². The summed E-state index contributed by atoms with van der Waals surface area (Å²) in [6.45, 7) is 12.1. The SMILES string of the molecule is CC/C=C(\C)c1ccc(O)c2c1C[C@]1(C)C[C@]3(C)C(C(C)C)C(=O)C(C(C)=O)=C(O)[C@]3(O)C(=O)C1=C2O. The summed E-state index contributed by atoms with van der Waals surface area (Å²) in [5, 5.41) is 45.5. The first-order valence-corrected chi connectivity index (χ1v) is 12.8. The molecule has 0 bridgehead atoms. The Kier molecular flexibility index (Phi) is 6.11. The van der Waals surface area contributed by atoms with Gasteiger partial charge in [0.15, 0.2) is 17.2 Å². The summed E-state index contributed by atoms with van der Waals surface area (Å²) in [6, 6.07) is 3.25. The van der Waals surface area contributed by atoms with E-state index in [1.54, 1.807) is 33.8 Å². The molecule has 3 aliphatic carbocycles. The molecule has 3 aliphatic rings. The van der Waals surface area contributed by atoms with Crippen molar-refractivity contribution in [3.63, 3.8) is 0 Å². The number of allylic oxidation sites excluding steroid dienone is 3. The number of aromatic hydroxyl groups is 1.